The number of nitrogens with two attached hydrogens (primary N) is 1. The molecule has 118 valence electrons. The Labute approximate surface area is 124 Å². The van der Waals surface area contributed by atoms with Gasteiger partial charge in [0.05, 0.1) is 11.7 Å². The van der Waals surface area contributed by atoms with Gasteiger partial charge in [0.2, 0.25) is 0 Å². The highest BCUT2D eigenvalue weighted by Gasteiger charge is 2.41. The average molecular weight is 283 g/mol. The molecule has 1 aliphatic carbocycles. The van der Waals surface area contributed by atoms with Crippen LogP contribution in [0, 0.1) is 5.92 Å². The Balaban J connectivity index is 1.95. The van der Waals surface area contributed by atoms with Crippen molar-refractivity contribution in [2.24, 2.45) is 11.7 Å². The molecule has 2 rings (SSSR count). The van der Waals surface area contributed by atoms with Gasteiger partial charge in [0, 0.05) is 19.3 Å². The Hall–Kier alpha value is -0.120. The van der Waals surface area contributed by atoms with Crippen molar-refractivity contribution in [3.8, 4) is 0 Å². The Morgan fingerprint density at radius 2 is 2.00 bits per heavy atom. The molecule has 3 nitrogen and oxygen atoms in total. The third-order valence-corrected chi connectivity index (χ3v) is 5.22. The Bertz CT molecular complexity index is 265. The van der Waals surface area contributed by atoms with E-state index >= 15 is 0 Å². The van der Waals surface area contributed by atoms with Gasteiger partial charge in [-0.1, -0.05) is 32.6 Å². The maximum atomic E-state index is 6.57. The van der Waals surface area contributed by atoms with Crippen LogP contribution >= 0.6 is 0 Å². The minimum absolute atomic E-state index is 0.155. The largest absolute Gasteiger partial charge is 0.377 e. The van der Waals surface area contributed by atoms with E-state index < -0.39 is 0 Å². The van der Waals surface area contributed by atoms with Gasteiger partial charge in [-0.15, -0.1) is 0 Å². The molecule has 1 heterocycles. The minimum Gasteiger partial charge on any atom is -0.377 e. The Morgan fingerprint density at radius 3 is 2.65 bits per heavy atom. The SMILES string of the molecule is CCCC(OCC)C(N)C1CCOC2(CCCCC2)C1. The molecule has 0 aromatic heterocycles. The average Bonchev–Trinajstić information content (AvgIpc) is 2.47. The summed E-state index contributed by atoms with van der Waals surface area (Å²) < 4.78 is 12.1. The van der Waals surface area contributed by atoms with Gasteiger partial charge < -0.3 is 15.2 Å². The van der Waals surface area contributed by atoms with Gasteiger partial charge in [0.15, 0.2) is 0 Å². The van der Waals surface area contributed by atoms with Crippen molar-refractivity contribution in [3.63, 3.8) is 0 Å². The molecular weight excluding hydrogens is 250 g/mol. The van der Waals surface area contributed by atoms with Crippen LogP contribution < -0.4 is 5.73 Å². The second kappa shape index (κ2) is 7.77. The molecule has 2 aliphatic rings. The molecule has 20 heavy (non-hydrogen) atoms. The smallest absolute Gasteiger partial charge is 0.0728 e. The predicted octanol–water partition coefficient (Wildman–Crippen LogP) is 3.65. The molecular formula is C17H33NO2. The van der Waals surface area contributed by atoms with Gasteiger partial charge >= 0.3 is 0 Å². The van der Waals surface area contributed by atoms with Crippen LogP contribution in [-0.4, -0.2) is 31.0 Å². The topological polar surface area (TPSA) is 44.5 Å². The third kappa shape index (κ3) is 3.96. The molecule has 2 N–H and O–H groups in total. The number of hydrogen-bond donors (Lipinski definition) is 1. The summed E-state index contributed by atoms with van der Waals surface area (Å²) in [6, 6.07) is 0.178. The zero-order valence-electron chi connectivity index (χ0n) is 13.4. The fraction of sp³-hybridized carbons (Fsp3) is 1.00. The van der Waals surface area contributed by atoms with Crippen molar-refractivity contribution in [1.82, 2.24) is 0 Å². The van der Waals surface area contributed by atoms with Crippen LogP contribution in [0.4, 0.5) is 0 Å². The predicted molar refractivity (Wildman–Crippen MR) is 82.8 cm³/mol. The summed E-state index contributed by atoms with van der Waals surface area (Å²) in [6.45, 7) is 5.95. The highest BCUT2D eigenvalue weighted by molar-refractivity contribution is 4.94. The van der Waals surface area contributed by atoms with Gasteiger partial charge in [-0.3, -0.25) is 0 Å². The van der Waals surface area contributed by atoms with Gasteiger partial charge in [-0.25, -0.2) is 0 Å². The van der Waals surface area contributed by atoms with E-state index in [-0.39, 0.29) is 17.7 Å². The van der Waals surface area contributed by atoms with Crippen LogP contribution in [0.1, 0.15) is 71.6 Å². The molecule has 0 aromatic carbocycles. The fourth-order valence-corrected chi connectivity index (χ4v) is 4.13. The van der Waals surface area contributed by atoms with Crippen LogP contribution in [0.5, 0.6) is 0 Å². The second-order valence-corrected chi connectivity index (χ2v) is 6.70. The van der Waals surface area contributed by atoms with Crippen LogP contribution in [0.15, 0.2) is 0 Å². The van der Waals surface area contributed by atoms with E-state index in [1.54, 1.807) is 0 Å². The summed E-state index contributed by atoms with van der Waals surface area (Å²) in [7, 11) is 0. The monoisotopic (exact) mass is 283 g/mol. The molecule has 0 bridgehead atoms. The quantitative estimate of drug-likeness (QED) is 0.809. The van der Waals surface area contributed by atoms with Gasteiger partial charge in [-0.05, 0) is 44.9 Å². The first-order chi connectivity index (χ1) is 9.71. The molecule has 1 spiro atoms. The number of hydrogen-bond acceptors (Lipinski definition) is 3. The van der Waals surface area contributed by atoms with Crippen LogP contribution in [0.2, 0.25) is 0 Å². The lowest BCUT2D eigenvalue weighted by Gasteiger charge is -2.46. The molecule has 1 saturated heterocycles. The maximum absolute atomic E-state index is 6.57. The van der Waals surface area contributed by atoms with Gasteiger partial charge in [0.1, 0.15) is 0 Å². The molecule has 0 amide bonds. The lowest BCUT2D eigenvalue weighted by atomic mass is 9.73. The first kappa shape index (κ1) is 16.3. The summed E-state index contributed by atoms with van der Waals surface area (Å²) >= 11 is 0. The van der Waals surface area contributed by atoms with Crippen molar-refractivity contribution in [2.75, 3.05) is 13.2 Å². The molecule has 1 aliphatic heterocycles. The second-order valence-electron chi connectivity index (χ2n) is 6.70. The van der Waals surface area contributed by atoms with Crippen LogP contribution in [0.25, 0.3) is 0 Å². The van der Waals surface area contributed by atoms with E-state index in [9.17, 15) is 0 Å². The summed E-state index contributed by atoms with van der Waals surface area (Å²) in [5.41, 5.74) is 6.73. The third-order valence-electron chi connectivity index (χ3n) is 5.22. The molecule has 3 atom stereocenters. The number of ether oxygens (including phenoxy) is 2. The first-order valence-corrected chi connectivity index (χ1v) is 8.72. The lowest BCUT2D eigenvalue weighted by molar-refractivity contribution is -0.127. The van der Waals surface area contributed by atoms with E-state index in [4.69, 9.17) is 15.2 Å². The lowest BCUT2D eigenvalue weighted by Crippen LogP contribution is -2.50. The summed E-state index contributed by atoms with van der Waals surface area (Å²) in [5.74, 6) is 0.574. The zero-order chi connectivity index (χ0) is 14.4. The highest BCUT2D eigenvalue weighted by atomic mass is 16.5. The maximum Gasteiger partial charge on any atom is 0.0728 e. The molecule has 2 fully saturated rings. The molecule has 0 radical (unpaired) electrons. The normalized spacial score (nSPS) is 29.2. The van der Waals surface area contributed by atoms with E-state index in [0.717, 1.165) is 38.9 Å². The van der Waals surface area contributed by atoms with Crippen molar-refractivity contribution >= 4 is 0 Å². The number of rotatable bonds is 6. The standard InChI is InChI=1S/C17H33NO2/c1-3-8-15(19-4-2)16(18)14-9-12-20-17(13-14)10-6-5-7-11-17/h14-16H,3-13,18H2,1-2H3. The molecule has 1 saturated carbocycles. The zero-order valence-corrected chi connectivity index (χ0v) is 13.4. The van der Waals surface area contributed by atoms with Crippen molar-refractivity contribution in [1.29, 1.82) is 0 Å². The fourth-order valence-electron chi connectivity index (χ4n) is 4.13. The van der Waals surface area contributed by atoms with Crippen LogP contribution in [-0.2, 0) is 9.47 Å². The summed E-state index contributed by atoms with van der Waals surface area (Å²) in [5, 5.41) is 0. The van der Waals surface area contributed by atoms with Crippen molar-refractivity contribution in [2.45, 2.75) is 89.4 Å². The van der Waals surface area contributed by atoms with Crippen LogP contribution in [0.3, 0.4) is 0 Å². The summed E-state index contributed by atoms with van der Waals surface area (Å²) in [6.07, 6.45) is 11.2. The Kier molecular flexibility index (Phi) is 6.31. The van der Waals surface area contributed by atoms with E-state index in [2.05, 4.69) is 13.8 Å². The van der Waals surface area contributed by atoms with E-state index in [1.807, 2.05) is 0 Å². The molecule has 0 aromatic rings. The molecule has 3 unspecified atom stereocenters. The first-order valence-electron chi connectivity index (χ1n) is 8.72. The van der Waals surface area contributed by atoms with E-state index in [1.165, 1.54) is 32.1 Å². The van der Waals surface area contributed by atoms with Gasteiger partial charge in [-0.2, -0.15) is 0 Å². The highest BCUT2D eigenvalue weighted by Crippen LogP contribution is 2.42. The van der Waals surface area contributed by atoms with Gasteiger partial charge in [0.25, 0.3) is 0 Å². The summed E-state index contributed by atoms with van der Waals surface area (Å²) in [4.78, 5) is 0. The van der Waals surface area contributed by atoms with Crippen molar-refractivity contribution < 1.29 is 9.47 Å². The van der Waals surface area contributed by atoms with Crippen molar-refractivity contribution in [3.05, 3.63) is 0 Å². The molecule has 3 heteroatoms. The van der Waals surface area contributed by atoms with E-state index in [0.29, 0.717) is 5.92 Å². The minimum atomic E-state index is 0.155. The Morgan fingerprint density at radius 1 is 1.25 bits per heavy atom.